The Hall–Kier alpha value is -1.36. The first-order valence-corrected chi connectivity index (χ1v) is 6.64. The van der Waals surface area contributed by atoms with Gasteiger partial charge >= 0.3 is 5.97 Å². The first-order chi connectivity index (χ1) is 8.66. The van der Waals surface area contributed by atoms with Crippen LogP contribution in [0.15, 0.2) is 12.4 Å². The van der Waals surface area contributed by atoms with Gasteiger partial charge in [-0.2, -0.15) is 5.10 Å². The van der Waals surface area contributed by atoms with E-state index in [2.05, 4.69) is 10.4 Å². The predicted molar refractivity (Wildman–Crippen MR) is 68.2 cm³/mol. The Morgan fingerprint density at radius 3 is 2.61 bits per heavy atom. The Balaban J connectivity index is 2.04. The minimum absolute atomic E-state index is 0.314. The van der Waals surface area contributed by atoms with Crippen molar-refractivity contribution in [3.63, 3.8) is 0 Å². The van der Waals surface area contributed by atoms with E-state index < -0.39 is 12.0 Å². The van der Waals surface area contributed by atoms with Crippen molar-refractivity contribution in [1.29, 1.82) is 0 Å². The molecule has 1 aromatic heterocycles. The Morgan fingerprint density at radius 1 is 1.44 bits per heavy atom. The second kappa shape index (κ2) is 6.00. The van der Waals surface area contributed by atoms with Crippen LogP contribution < -0.4 is 5.32 Å². The molecular weight excluding hydrogens is 230 g/mol. The zero-order valence-corrected chi connectivity index (χ0v) is 10.8. The van der Waals surface area contributed by atoms with E-state index in [0.29, 0.717) is 6.04 Å². The monoisotopic (exact) mass is 251 g/mol. The lowest BCUT2D eigenvalue weighted by Crippen LogP contribution is -2.36. The number of rotatable bonds is 4. The van der Waals surface area contributed by atoms with Crippen molar-refractivity contribution in [2.75, 3.05) is 0 Å². The summed E-state index contributed by atoms with van der Waals surface area (Å²) in [6.45, 7) is 0. The summed E-state index contributed by atoms with van der Waals surface area (Å²) in [5.74, 6) is -0.827. The van der Waals surface area contributed by atoms with E-state index in [0.717, 1.165) is 18.4 Å². The average Bonchev–Trinajstić information content (AvgIpc) is 2.61. The first kappa shape index (κ1) is 13.1. The highest BCUT2D eigenvalue weighted by atomic mass is 16.4. The van der Waals surface area contributed by atoms with Crippen LogP contribution >= 0.6 is 0 Å². The van der Waals surface area contributed by atoms with Crippen LogP contribution in [0.3, 0.4) is 0 Å². The van der Waals surface area contributed by atoms with Crippen LogP contribution in [0.4, 0.5) is 0 Å². The number of hydrogen-bond acceptors (Lipinski definition) is 3. The number of carboxylic acids is 1. The smallest absolute Gasteiger partial charge is 0.325 e. The quantitative estimate of drug-likeness (QED) is 0.801. The summed E-state index contributed by atoms with van der Waals surface area (Å²) in [4.78, 5) is 11.4. The number of carboxylic acid groups (broad SMARTS) is 1. The SMILES string of the molecule is Cn1cc(C(NC2CCCCCC2)C(=O)O)cn1. The Kier molecular flexibility index (Phi) is 4.36. The van der Waals surface area contributed by atoms with Crippen LogP contribution in [0.5, 0.6) is 0 Å². The summed E-state index contributed by atoms with van der Waals surface area (Å²) in [5.41, 5.74) is 0.731. The zero-order chi connectivity index (χ0) is 13.0. The van der Waals surface area contributed by atoms with Gasteiger partial charge in [0.25, 0.3) is 0 Å². The molecule has 0 bridgehead atoms. The molecule has 0 radical (unpaired) electrons. The molecule has 0 aliphatic heterocycles. The highest BCUT2D eigenvalue weighted by Crippen LogP contribution is 2.21. The maximum atomic E-state index is 11.4. The van der Waals surface area contributed by atoms with E-state index in [4.69, 9.17) is 0 Å². The van der Waals surface area contributed by atoms with Crippen molar-refractivity contribution in [3.05, 3.63) is 18.0 Å². The molecule has 5 heteroatoms. The van der Waals surface area contributed by atoms with Crippen LogP contribution in [-0.4, -0.2) is 26.9 Å². The van der Waals surface area contributed by atoms with Crippen molar-refractivity contribution in [1.82, 2.24) is 15.1 Å². The van der Waals surface area contributed by atoms with Crippen molar-refractivity contribution in [3.8, 4) is 0 Å². The molecule has 5 nitrogen and oxygen atoms in total. The van der Waals surface area contributed by atoms with Crippen molar-refractivity contribution >= 4 is 5.97 Å². The molecule has 1 saturated carbocycles. The topological polar surface area (TPSA) is 67.2 Å². The van der Waals surface area contributed by atoms with Crippen molar-refractivity contribution in [2.24, 2.45) is 7.05 Å². The maximum Gasteiger partial charge on any atom is 0.325 e. The van der Waals surface area contributed by atoms with Crippen LogP contribution in [0, 0.1) is 0 Å². The third-order valence-corrected chi connectivity index (χ3v) is 3.56. The lowest BCUT2D eigenvalue weighted by atomic mass is 10.1. The molecule has 18 heavy (non-hydrogen) atoms. The minimum Gasteiger partial charge on any atom is -0.480 e. The number of hydrogen-bond donors (Lipinski definition) is 2. The molecule has 1 atom stereocenters. The number of aryl methyl sites for hydroxylation is 1. The van der Waals surface area contributed by atoms with Gasteiger partial charge in [0.1, 0.15) is 6.04 Å². The molecule has 0 aromatic carbocycles. The lowest BCUT2D eigenvalue weighted by molar-refractivity contribution is -0.140. The highest BCUT2D eigenvalue weighted by molar-refractivity contribution is 5.75. The first-order valence-electron chi connectivity index (χ1n) is 6.64. The predicted octanol–water partition coefficient (Wildman–Crippen LogP) is 1.86. The number of aliphatic carboxylic acids is 1. The van der Waals surface area contributed by atoms with Gasteiger partial charge in [0, 0.05) is 24.8 Å². The molecule has 1 aliphatic carbocycles. The third-order valence-electron chi connectivity index (χ3n) is 3.56. The van der Waals surface area contributed by atoms with E-state index in [1.165, 1.54) is 25.7 Å². The van der Waals surface area contributed by atoms with Gasteiger partial charge in [-0.15, -0.1) is 0 Å². The summed E-state index contributed by atoms with van der Waals surface area (Å²) in [5, 5.41) is 16.7. The minimum atomic E-state index is -0.827. The summed E-state index contributed by atoms with van der Waals surface area (Å²) in [6, 6.07) is -0.324. The number of aromatic nitrogens is 2. The maximum absolute atomic E-state index is 11.4. The molecule has 100 valence electrons. The van der Waals surface area contributed by atoms with E-state index >= 15 is 0 Å². The van der Waals surface area contributed by atoms with Gasteiger partial charge in [-0.25, -0.2) is 0 Å². The molecule has 1 fully saturated rings. The van der Waals surface area contributed by atoms with Gasteiger partial charge in [-0.3, -0.25) is 14.8 Å². The fraction of sp³-hybridized carbons (Fsp3) is 0.692. The van der Waals surface area contributed by atoms with Crippen molar-refractivity contribution in [2.45, 2.75) is 50.6 Å². The molecule has 1 aliphatic rings. The second-order valence-corrected chi connectivity index (χ2v) is 5.07. The van der Waals surface area contributed by atoms with E-state index in [-0.39, 0.29) is 0 Å². The van der Waals surface area contributed by atoms with Gasteiger partial charge in [0.2, 0.25) is 0 Å². The molecule has 1 unspecified atom stereocenters. The summed E-state index contributed by atoms with van der Waals surface area (Å²) >= 11 is 0. The lowest BCUT2D eigenvalue weighted by Gasteiger charge is -2.21. The van der Waals surface area contributed by atoms with Gasteiger partial charge < -0.3 is 5.11 Å². The Labute approximate surface area is 107 Å². The molecule has 2 N–H and O–H groups in total. The summed E-state index contributed by atoms with van der Waals surface area (Å²) < 4.78 is 1.64. The van der Waals surface area contributed by atoms with Crippen LogP contribution in [0.25, 0.3) is 0 Å². The van der Waals surface area contributed by atoms with Crippen molar-refractivity contribution < 1.29 is 9.90 Å². The van der Waals surface area contributed by atoms with Crippen LogP contribution in [0.1, 0.15) is 50.1 Å². The summed E-state index contributed by atoms with van der Waals surface area (Å²) in [6.07, 6.45) is 10.5. The van der Waals surface area contributed by atoms with Crippen LogP contribution in [0.2, 0.25) is 0 Å². The summed E-state index contributed by atoms with van der Waals surface area (Å²) in [7, 11) is 1.80. The van der Waals surface area contributed by atoms with Gasteiger partial charge in [-0.1, -0.05) is 25.7 Å². The van der Waals surface area contributed by atoms with Crippen LogP contribution in [-0.2, 0) is 11.8 Å². The van der Waals surface area contributed by atoms with E-state index in [1.807, 2.05) is 0 Å². The molecule has 0 amide bonds. The zero-order valence-electron chi connectivity index (χ0n) is 10.8. The van der Waals surface area contributed by atoms with Gasteiger partial charge in [-0.05, 0) is 12.8 Å². The largest absolute Gasteiger partial charge is 0.480 e. The Morgan fingerprint density at radius 2 is 2.11 bits per heavy atom. The molecule has 0 saturated heterocycles. The highest BCUT2D eigenvalue weighted by Gasteiger charge is 2.24. The van der Waals surface area contributed by atoms with Gasteiger partial charge in [0.15, 0.2) is 0 Å². The number of nitrogens with zero attached hydrogens (tertiary/aromatic N) is 2. The fourth-order valence-corrected chi connectivity index (χ4v) is 2.58. The molecule has 0 spiro atoms. The number of nitrogens with one attached hydrogen (secondary N) is 1. The molecular formula is C13H21N3O2. The standard InChI is InChI=1S/C13H21N3O2/c1-16-9-10(8-14-16)12(13(17)18)15-11-6-4-2-3-5-7-11/h8-9,11-12,15H,2-7H2,1H3,(H,17,18). The average molecular weight is 251 g/mol. The van der Waals surface area contributed by atoms with E-state index in [9.17, 15) is 9.90 Å². The Bertz CT molecular complexity index is 395. The van der Waals surface area contributed by atoms with Gasteiger partial charge in [0.05, 0.1) is 6.20 Å². The fourth-order valence-electron chi connectivity index (χ4n) is 2.58. The van der Waals surface area contributed by atoms with E-state index in [1.54, 1.807) is 24.1 Å². The third kappa shape index (κ3) is 3.32. The normalized spacial score (nSPS) is 19.4. The molecule has 2 rings (SSSR count). The second-order valence-electron chi connectivity index (χ2n) is 5.07. The molecule has 1 aromatic rings. The number of carbonyl (C=O) groups is 1. The molecule has 1 heterocycles.